The summed E-state index contributed by atoms with van der Waals surface area (Å²) >= 11 is 0. The van der Waals surface area contributed by atoms with Crippen LogP contribution in [0, 0.1) is 5.92 Å². The van der Waals surface area contributed by atoms with E-state index in [-0.39, 0.29) is 44.1 Å². The van der Waals surface area contributed by atoms with E-state index < -0.39 is 53.9 Å². The first-order valence-corrected chi connectivity index (χ1v) is 14.0. The molecule has 0 spiro atoms. The number of aryl methyl sites for hydroxylation is 1. The maximum absolute atomic E-state index is 13.9. The van der Waals surface area contributed by atoms with E-state index in [2.05, 4.69) is 26.3 Å². The van der Waals surface area contributed by atoms with Crippen LogP contribution >= 0.6 is 0 Å². The summed E-state index contributed by atoms with van der Waals surface area (Å²) in [5.41, 5.74) is 6.90. The summed E-state index contributed by atoms with van der Waals surface area (Å²) in [6.45, 7) is 5.34. The highest BCUT2D eigenvalue weighted by molar-refractivity contribution is 5.95. The molecule has 0 bridgehead atoms. The Hall–Kier alpha value is -4.33. The molecule has 1 aromatic heterocycles. The third-order valence-corrected chi connectivity index (χ3v) is 7.39. The molecule has 1 fully saturated rings. The van der Waals surface area contributed by atoms with Crippen LogP contribution in [0.2, 0.25) is 0 Å². The fraction of sp³-hybridized carbons (Fsp3) is 0.536. The summed E-state index contributed by atoms with van der Waals surface area (Å²) in [7, 11) is 1.63. The van der Waals surface area contributed by atoms with Gasteiger partial charge in [0.1, 0.15) is 18.1 Å². The molecule has 1 aromatic carbocycles. The Kier molecular flexibility index (Phi) is 11.1. The molecular weight excluding hydrogens is 544 g/mol. The Morgan fingerprint density at radius 3 is 2.38 bits per heavy atom. The lowest BCUT2D eigenvalue weighted by molar-refractivity contribution is -0.143. The Morgan fingerprint density at radius 2 is 1.79 bits per heavy atom. The predicted molar refractivity (Wildman–Crippen MR) is 152 cm³/mol. The molecule has 0 unspecified atom stereocenters. The highest BCUT2D eigenvalue weighted by Gasteiger charge is 2.44. The van der Waals surface area contributed by atoms with Crippen molar-refractivity contribution in [3.05, 3.63) is 47.8 Å². The highest BCUT2D eigenvalue weighted by atomic mass is 16.4. The number of aromatic nitrogens is 3. The number of carboxylic acid groups (broad SMARTS) is 1. The van der Waals surface area contributed by atoms with E-state index in [1.807, 2.05) is 30.3 Å². The summed E-state index contributed by atoms with van der Waals surface area (Å²) in [5, 5.41) is 25.5. The second-order valence-electron chi connectivity index (χ2n) is 10.9. The number of rotatable bonds is 14. The van der Waals surface area contributed by atoms with Crippen LogP contribution in [0.1, 0.15) is 50.9 Å². The average molecular weight is 585 g/mol. The van der Waals surface area contributed by atoms with Crippen molar-refractivity contribution in [3.63, 3.8) is 0 Å². The molecule has 14 nitrogen and oxygen atoms in total. The van der Waals surface area contributed by atoms with Crippen LogP contribution < -0.4 is 21.7 Å². The van der Waals surface area contributed by atoms with Crippen molar-refractivity contribution in [3.8, 4) is 0 Å². The fourth-order valence-corrected chi connectivity index (χ4v) is 4.78. The normalized spacial score (nSPS) is 18.7. The number of nitrogens with zero attached hydrogens (tertiary/aromatic N) is 4. The molecule has 0 radical (unpaired) electrons. The van der Waals surface area contributed by atoms with E-state index in [1.54, 1.807) is 34.0 Å². The number of hydrogen-bond donors (Lipinski definition) is 5. The van der Waals surface area contributed by atoms with E-state index in [4.69, 9.17) is 10.8 Å². The molecule has 4 amide bonds. The van der Waals surface area contributed by atoms with Crippen LogP contribution in [0.5, 0.6) is 0 Å². The first-order chi connectivity index (χ1) is 19.9. The Bertz CT molecular complexity index is 1270. The number of primary amides is 1. The van der Waals surface area contributed by atoms with Crippen molar-refractivity contribution in [2.24, 2.45) is 11.7 Å². The van der Waals surface area contributed by atoms with Gasteiger partial charge in [-0.3, -0.25) is 24.0 Å². The molecule has 1 saturated heterocycles. The third-order valence-electron chi connectivity index (χ3n) is 7.39. The molecular formula is C28H40N8O6. The number of nitrogens with one attached hydrogen (secondary N) is 3. The number of benzene rings is 1. The minimum Gasteiger partial charge on any atom is -0.481 e. The minimum absolute atomic E-state index is 0.0826. The lowest BCUT2D eigenvalue weighted by Gasteiger charge is -2.31. The summed E-state index contributed by atoms with van der Waals surface area (Å²) < 4.78 is 1.52. The zero-order valence-electron chi connectivity index (χ0n) is 24.3. The summed E-state index contributed by atoms with van der Waals surface area (Å²) in [6.07, 6.45) is 2.00. The minimum atomic E-state index is -1.01. The SMILES string of the molecule is CN[C@@H](C)C(=O)N[C@H](C(=O)N1C[C@H](n2cc(CCC(=O)O)nn2)C[C@H]1C(=O)N[C@@H](Cc1ccccc1)C(N)=O)C(C)C. The molecule has 2 heterocycles. The van der Waals surface area contributed by atoms with E-state index in [0.717, 1.165) is 5.56 Å². The highest BCUT2D eigenvalue weighted by Crippen LogP contribution is 2.29. The maximum Gasteiger partial charge on any atom is 0.303 e. The largest absolute Gasteiger partial charge is 0.481 e. The van der Waals surface area contributed by atoms with Gasteiger partial charge in [-0.05, 0) is 25.5 Å². The van der Waals surface area contributed by atoms with Crippen LogP contribution in [0.25, 0.3) is 0 Å². The van der Waals surface area contributed by atoms with Gasteiger partial charge >= 0.3 is 5.97 Å². The van der Waals surface area contributed by atoms with E-state index in [0.29, 0.717) is 5.69 Å². The van der Waals surface area contributed by atoms with Gasteiger partial charge in [0.25, 0.3) is 0 Å². The zero-order valence-corrected chi connectivity index (χ0v) is 24.3. The molecule has 14 heteroatoms. The smallest absolute Gasteiger partial charge is 0.303 e. The van der Waals surface area contributed by atoms with Gasteiger partial charge in [0.15, 0.2) is 0 Å². The number of likely N-dealkylation sites (N-methyl/N-ethyl adjacent to an activating group) is 1. The molecule has 1 aliphatic heterocycles. The molecule has 42 heavy (non-hydrogen) atoms. The van der Waals surface area contributed by atoms with Gasteiger partial charge in [0, 0.05) is 32.0 Å². The van der Waals surface area contributed by atoms with E-state index in [9.17, 15) is 24.0 Å². The third kappa shape index (κ3) is 8.35. The lowest BCUT2D eigenvalue weighted by atomic mass is 10.0. The Morgan fingerprint density at radius 1 is 1.10 bits per heavy atom. The van der Waals surface area contributed by atoms with Gasteiger partial charge < -0.3 is 31.7 Å². The molecule has 2 aromatic rings. The van der Waals surface area contributed by atoms with Gasteiger partial charge in [-0.15, -0.1) is 5.10 Å². The molecule has 0 saturated carbocycles. The lowest BCUT2D eigenvalue weighted by Crippen LogP contribution is -2.58. The first-order valence-electron chi connectivity index (χ1n) is 14.0. The van der Waals surface area contributed by atoms with Gasteiger partial charge in [0.05, 0.1) is 24.2 Å². The van der Waals surface area contributed by atoms with Crippen molar-refractivity contribution >= 4 is 29.6 Å². The van der Waals surface area contributed by atoms with Gasteiger partial charge in [-0.2, -0.15) is 0 Å². The summed E-state index contributed by atoms with van der Waals surface area (Å²) in [5.74, 6) is -3.35. The average Bonchev–Trinajstić information content (AvgIpc) is 3.61. The van der Waals surface area contributed by atoms with Crippen molar-refractivity contribution in [2.45, 2.75) is 76.7 Å². The van der Waals surface area contributed by atoms with Crippen molar-refractivity contribution in [2.75, 3.05) is 13.6 Å². The van der Waals surface area contributed by atoms with Crippen LogP contribution in [-0.4, -0.2) is 92.4 Å². The first kappa shape index (κ1) is 32.2. The van der Waals surface area contributed by atoms with Crippen LogP contribution in [0.3, 0.4) is 0 Å². The standard InChI is InChI=1S/C28H40N8O6/c1-16(2)24(32-26(40)17(3)30-4)28(42)35-15-20(36-14-19(33-34-36)10-11-23(37)38)13-22(35)27(41)31-21(25(29)39)12-18-8-6-5-7-9-18/h5-9,14,16-17,20-22,24,30H,10-13,15H2,1-4H3,(H2,29,39)(H,31,41)(H,32,40)(H,37,38)/t17-,20+,21-,22-,24-/m0/s1. The van der Waals surface area contributed by atoms with Crippen molar-refractivity contribution in [1.82, 2.24) is 35.8 Å². The van der Waals surface area contributed by atoms with Crippen LogP contribution in [0.4, 0.5) is 0 Å². The number of nitrogens with two attached hydrogens (primary N) is 1. The van der Waals surface area contributed by atoms with E-state index in [1.165, 1.54) is 9.58 Å². The van der Waals surface area contributed by atoms with Crippen LogP contribution in [0.15, 0.2) is 36.5 Å². The second-order valence-corrected chi connectivity index (χ2v) is 10.9. The zero-order chi connectivity index (χ0) is 31.0. The molecule has 0 aliphatic carbocycles. The number of carboxylic acids is 1. The molecule has 6 N–H and O–H groups in total. The topological polar surface area (TPSA) is 202 Å². The van der Waals surface area contributed by atoms with Crippen LogP contribution in [-0.2, 0) is 36.8 Å². The number of likely N-dealkylation sites (tertiary alicyclic amines) is 1. The molecule has 3 rings (SSSR count). The van der Waals surface area contributed by atoms with Gasteiger partial charge in [0.2, 0.25) is 23.6 Å². The van der Waals surface area contributed by atoms with Crippen molar-refractivity contribution in [1.29, 1.82) is 0 Å². The van der Waals surface area contributed by atoms with Crippen molar-refractivity contribution < 1.29 is 29.1 Å². The number of carbonyl (C=O) groups is 5. The fourth-order valence-electron chi connectivity index (χ4n) is 4.78. The summed E-state index contributed by atoms with van der Waals surface area (Å²) in [6, 6.07) is 5.17. The number of aliphatic carboxylic acids is 1. The number of carbonyl (C=O) groups excluding carboxylic acids is 4. The quantitative estimate of drug-likeness (QED) is 0.192. The van der Waals surface area contributed by atoms with E-state index >= 15 is 0 Å². The van der Waals surface area contributed by atoms with Gasteiger partial charge in [-0.25, -0.2) is 4.68 Å². The summed E-state index contributed by atoms with van der Waals surface area (Å²) in [4.78, 5) is 64.9. The second kappa shape index (κ2) is 14.5. The maximum atomic E-state index is 13.9. The molecule has 1 aliphatic rings. The molecule has 228 valence electrons. The Labute approximate surface area is 244 Å². The Balaban J connectivity index is 1.87. The predicted octanol–water partition coefficient (Wildman–Crippen LogP) is -0.601. The number of hydrogen-bond acceptors (Lipinski definition) is 8. The monoisotopic (exact) mass is 584 g/mol. The molecule has 5 atom stereocenters. The van der Waals surface area contributed by atoms with Gasteiger partial charge in [-0.1, -0.05) is 49.4 Å². The number of amides is 4.